The Kier molecular flexibility index (Phi) is 6.99. The second-order valence-electron chi connectivity index (χ2n) is 11.8. The normalized spacial score (nSPS) is 34.4. The molecule has 3 saturated carbocycles. The van der Waals surface area contributed by atoms with Crippen LogP contribution in [-0.4, -0.2) is 80.7 Å². The summed E-state index contributed by atoms with van der Waals surface area (Å²) >= 11 is 0. The standard InChI is InChI=1S/C25H41N3O5S/c1-25(16-33-17-25)24(30)28-13-11-27(12-14-28)23(29)19-7-5-18(6-8-19)20-3-2-4-21(15-20)26-34(31,32)22-9-10-22/h18-22,26H,2-17H2,1H3. The summed E-state index contributed by atoms with van der Waals surface area (Å²) in [7, 11) is -3.12. The zero-order chi connectivity index (χ0) is 23.9. The number of hydrogen-bond donors (Lipinski definition) is 1. The topological polar surface area (TPSA) is 96.0 Å². The van der Waals surface area contributed by atoms with Gasteiger partial charge in [0.25, 0.3) is 0 Å². The second kappa shape index (κ2) is 9.69. The molecule has 0 aromatic carbocycles. The Morgan fingerprint density at radius 1 is 0.853 bits per heavy atom. The number of hydrogen-bond acceptors (Lipinski definition) is 5. The van der Waals surface area contributed by atoms with Gasteiger partial charge in [-0.2, -0.15) is 0 Å². The average Bonchev–Trinajstić information content (AvgIpc) is 3.68. The van der Waals surface area contributed by atoms with Gasteiger partial charge >= 0.3 is 0 Å². The van der Waals surface area contributed by atoms with Gasteiger partial charge in [0.1, 0.15) is 0 Å². The highest BCUT2D eigenvalue weighted by Crippen LogP contribution is 2.41. The Morgan fingerprint density at radius 3 is 2.09 bits per heavy atom. The Hall–Kier alpha value is -1.19. The van der Waals surface area contributed by atoms with Gasteiger partial charge in [0.15, 0.2) is 0 Å². The van der Waals surface area contributed by atoms with E-state index in [0.717, 1.165) is 57.8 Å². The third-order valence-electron chi connectivity index (χ3n) is 9.03. The van der Waals surface area contributed by atoms with Gasteiger partial charge in [0, 0.05) is 38.1 Å². The van der Waals surface area contributed by atoms with Gasteiger partial charge in [0.05, 0.1) is 23.9 Å². The highest BCUT2D eigenvalue weighted by molar-refractivity contribution is 7.90. The molecule has 5 rings (SSSR count). The van der Waals surface area contributed by atoms with E-state index in [0.29, 0.717) is 51.2 Å². The fourth-order valence-corrected chi connectivity index (χ4v) is 8.24. The number of piperazine rings is 1. The summed E-state index contributed by atoms with van der Waals surface area (Å²) in [5.41, 5.74) is -0.375. The van der Waals surface area contributed by atoms with E-state index in [-0.39, 0.29) is 34.4 Å². The van der Waals surface area contributed by atoms with Crippen molar-refractivity contribution >= 4 is 21.8 Å². The summed E-state index contributed by atoms with van der Waals surface area (Å²) in [5.74, 6) is 1.71. The van der Waals surface area contributed by atoms with Crippen LogP contribution in [0.15, 0.2) is 0 Å². The first kappa shape index (κ1) is 24.5. The molecule has 0 radical (unpaired) electrons. The largest absolute Gasteiger partial charge is 0.379 e. The van der Waals surface area contributed by atoms with Crippen LogP contribution in [0.1, 0.15) is 71.1 Å². The molecule has 5 fully saturated rings. The lowest BCUT2D eigenvalue weighted by atomic mass is 9.70. The number of sulfonamides is 1. The van der Waals surface area contributed by atoms with Crippen LogP contribution in [0.25, 0.3) is 0 Å². The van der Waals surface area contributed by atoms with Crippen molar-refractivity contribution in [2.45, 2.75) is 82.4 Å². The fraction of sp³-hybridized carbons (Fsp3) is 0.920. The molecule has 0 spiro atoms. The molecule has 3 aliphatic carbocycles. The maximum atomic E-state index is 13.2. The van der Waals surface area contributed by atoms with Crippen LogP contribution in [0, 0.1) is 23.2 Å². The molecular weight excluding hydrogens is 454 g/mol. The molecule has 2 unspecified atom stereocenters. The third-order valence-corrected chi connectivity index (χ3v) is 11.0. The van der Waals surface area contributed by atoms with Gasteiger partial charge in [-0.15, -0.1) is 0 Å². The minimum Gasteiger partial charge on any atom is -0.379 e. The number of ether oxygens (including phenoxy) is 1. The summed E-state index contributed by atoms with van der Waals surface area (Å²) in [6.07, 6.45) is 9.82. The Labute approximate surface area is 204 Å². The fourth-order valence-electron chi connectivity index (χ4n) is 6.61. The van der Waals surface area contributed by atoms with Crippen LogP contribution in [0.3, 0.4) is 0 Å². The number of carbonyl (C=O) groups excluding carboxylic acids is 2. The molecule has 9 heteroatoms. The predicted octanol–water partition coefficient (Wildman–Crippen LogP) is 2.14. The van der Waals surface area contributed by atoms with Crippen molar-refractivity contribution in [2.24, 2.45) is 23.2 Å². The van der Waals surface area contributed by atoms with Crippen molar-refractivity contribution in [3.8, 4) is 0 Å². The van der Waals surface area contributed by atoms with E-state index >= 15 is 0 Å². The van der Waals surface area contributed by atoms with Crippen molar-refractivity contribution < 1.29 is 22.7 Å². The van der Waals surface area contributed by atoms with Crippen molar-refractivity contribution in [1.29, 1.82) is 0 Å². The van der Waals surface area contributed by atoms with Crippen molar-refractivity contribution in [3.63, 3.8) is 0 Å². The Balaban J connectivity index is 1.06. The monoisotopic (exact) mass is 495 g/mol. The molecule has 0 aromatic heterocycles. The van der Waals surface area contributed by atoms with Gasteiger partial charge < -0.3 is 14.5 Å². The first-order valence-electron chi connectivity index (χ1n) is 13.4. The van der Waals surface area contributed by atoms with Gasteiger partial charge in [0.2, 0.25) is 21.8 Å². The van der Waals surface area contributed by atoms with Crippen LogP contribution in [-0.2, 0) is 24.3 Å². The van der Waals surface area contributed by atoms with Crippen LogP contribution < -0.4 is 4.72 Å². The minimum atomic E-state index is -3.12. The molecule has 2 heterocycles. The SMILES string of the molecule is CC1(C(=O)N2CCN(C(=O)C3CCC(C4CCCC(NS(=O)(=O)C5CC5)C4)CC3)CC2)COC1. The molecule has 2 atom stereocenters. The van der Waals surface area contributed by atoms with E-state index in [1.54, 1.807) is 0 Å². The summed E-state index contributed by atoms with van der Waals surface area (Å²) in [6.45, 7) is 5.47. The maximum Gasteiger partial charge on any atom is 0.233 e. The van der Waals surface area contributed by atoms with Crippen LogP contribution >= 0.6 is 0 Å². The molecular formula is C25H41N3O5S. The third kappa shape index (κ3) is 5.16. The molecule has 34 heavy (non-hydrogen) atoms. The van der Waals surface area contributed by atoms with Crippen LogP contribution in [0.4, 0.5) is 0 Å². The van der Waals surface area contributed by atoms with Gasteiger partial charge in [-0.3, -0.25) is 9.59 Å². The van der Waals surface area contributed by atoms with Gasteiger partial charge in [-0.1, -0.05) is 12.8 Å². The number of amides is 2. The number of carbonyl (C=O) groups is 2. The van der Waals surface area contributed by atoms with E-state index in [2.05, 4.69) is 4.72 Å². The number of rotatable bonds is 6. The smallest absolute Gasteiger partial charge is 0.233 e. The highest BCUT2D eigenvalue weighted by atomic mass is 32.2. The molecule has 5 aliphatic rings. The molecule has 1 N–H and O–H groups in total. The zero-order valence-corrected chi connectivity index (χ0v) is 21.4. The molecule has 2 aliphatic heterocycles. The summed E-state index contributed by atoms with van der Waals surface area (Å²) in [4.78, 5) is 29.8. The molecule has 2 amide bonds. The maximum absolute atomic E-state index is 13.2. The predicted molar refractivity (Wildman–Crippen MR) is 128 cm³/mol. The van der Waals surface area contributed by atoms with Gasteiger partial charge in [-0.05, 0) is 70.1 Å². The number of nitrogens with zero attached hydrogens (tertiary/aromatic N) is 2. The molecule has 2 saturated heterocycles. The molecule has 8 nitrogen and oxygen atoms in total. The van der Waals surface area contributed by atoms with E-state index in [1.807, 2.05) is 16.7 Å². The highest BCUT2D eigenvalue weighted by Gasteiger charge is 2.45. The average molecular weight is 496 g/mol. The molecule has 0 bridgehead atoms. The quantitative estimate of drug-likeness (QED) is 0.609. The molecule has 0 aromatic rings. The number of nitrogens with one attached hydrogen (secondary N) is 1. The van der Waals surface area contributed by atoms with Crippen LogP contribution in [0.2, 0.25) is 0 Å². The van der Waals surface area contributed by atoms with Crippen molar-refractivity contribution in [3.05, 3.63) is 0 Å². The summed E-state index contributed by atoms with van der Waals surface area (Å²) in [6, 6.07) is 0.0940. The van der Waals surface area contributed by atoms with Crippen molar-refractivity contribution in [2.75, 3.05) is 39.4 Å². The van der Waals surface area contributed by atoms with Crippen molar-refractivity contribution in [1.82, 2.24) is 14.5 Å². The van der Waals surface area contributed by atoms with Crippen LogP contribution in [0.5, 0.6) is 0 Å². The lowest BCUT2D eigenvalue weighted by Crippen LogP contribution is -2.59. The first-order chi connectivity index (χ1) is 16.2. The Bertz CT molecular complexity index is 869. The van der Waals surface area contributed by atoms with E-state index in [4.69, 9.17) is 4.74 Å². The molecule has 192 valence electrons. The summed E-state index contributed by atoms with van der Waals surface area (Å²) in [5, 5.41) is -0.148. The minimum absolute atomic E-state index is 0.0940. The Morgan fingerprint density at radius 2 is 1.50 bits per heavy atom. The summed E-state index contributed by atoms with van der Waals surface area (Å²) < 4.78 is 33.0. The first-order valence-corrected chi connectivity index (χ1v) is 15.0. The second-order valence-corrected chi connectivity index (χ2v) is 13.8. The zero-order valence-electron chi connectivity index (χ0n) is 20.5. The lowest BCUT2D eigenvalue weighted by Gasteiger charge is -2.44. The van der Waals surface area contributed by atoms with Gasteiger partial charge in [-0.25, -0.2) is 13.1 Å². The van der Waals surface area contributed by atoms with E-state index < -0.39 is 10.0 Å². The van der Waals surface area contributed by atoms with E-state index in [9.17, 15) is 18.0 Å². The van der Waals surface area contributed by atoms with E-state index in [1.165, 1.54) is 6.42 Å². The lowest BCUT2D eigenvalue weighted by molar-refractivity contribution is -0.171.